The van der Waals surface area contributed by atoms with Crippen molar-refractivity contribution in [2.24, 2.45) is 0 Å². The van der Waals surface area contributed by atoms with Gasteiger partial charge in [-0.25, -0.2) is 0 Å². The minimum atomic E-state index is -1.61. The highest BCUT2D eigenvalue weighted by atomic mass is 16.8. The van der Waals surface area contributed by atoms with Gasteiger partial charge in [0, 0.05) is 41.5 Å². The maximum atomic E-state index is 12.3. The zero-order chi connectivity index (χ0) is 34.7. The molecule has 0 bridgehead atoms. The van der Waals surface area contributed by atoms with E-state index in [1.165, 1.54) is 0 Å². The van der Waals surface area contributed by atoms with Crippen molar-refractivity contribution in [3.05, 3.63) is 35.9 Å². The van der Waals surface area contributed by atoms with Crippen LogP contribution in [0.5, 0.6) is 0 Å². The summed E-state index contributed by atoms with van der Waals surface area (Å²) >= 11 is 0. The summed E-state index contributed by atoms with van der Waals surface area (Å²) in [6.45, 7) is 6.03. The van der Waals surface area contributed by atoms with Gasteiger partial charge in [-0.05, 0) is 12.0 Å². The third kappa shape index (κ3) is 11.6. The van der Waals surface area contributed by atoms with Crippen LogP contribution in [0.3, 0.4) is 0 Å². The fourth-order valence-electron chi connectivity index (χ4n) is 5.06. The summed E-state index contributed by atoms with van der Waals surface area (Å²) in [5.41, 5.74) is 0.980. The summed E-state index contributed by atoms with van der Waals surface area (Å²) in [7, 11) is 0. The van der Waals surface area contributed by atoms with Gasteiger partial charge >= 0.3 is 35.8 Å². The number of hydrogen-bond donors (Lipinski definition) is 0. The van der Waals surface area contributed by atoms with Crippen molar-refractivity contribution in [3.8, 4) is 0 Å². The van der Waals surface area contributed by atoms with Crippen LogP contribution in [0.25, 0.3) is 0 Å². The molecule has 0 spiro atoms. The van der Waals surface area contributed by atoms with E-state index < -0.39 is 97.7 Å². The Balaban J connectivity index is 1.94. The highest BCUT2D eigenvalue weighted by Gasteiger charge is 2.55. The van der Waals surface area contributed by atoms with E-state index in [0.717, 1.165) is 47.1 Å². The number of carbonyl (C=O) groups excluding carboxylic acids is 6. The van der Waals surface area contributed by atoms with Crippen LogP contribution < -0.4 is 0 Å². The molecule has 9 atom stereocenters. The van der Waals surface area contributed by atoms with Crippen molar-refractivity contribution >= 4 is 35.8 Å². The Morgan fingerprint density at radius 1 is 0.638 bits per heavy atom. The molecule has 16 heteroatoms. The van der Waals surface area contributed by atoms with Gasteiger partial charge in [0.2, 0.25) is 0 Å². The van der Waals surface area contributed by atoms with Crippen LogP contribution in [-0.2, 0) is 82.6 Å². The van der Waals surface area contributed by atoms with Crippen LogP contribution in [0, 0.1) is 0 Å². The summed E-state index contributed by atoms with van der Waals surface area (Å²) in [5.74, 6) is -4.67. The molecule has 47 heavy (non-hydrogen) atoms. The number of ether oxygens (including phenoxy) is 10. The molecular weight excluding hydrogens is 628 g/mol. The van der Waals surface area contributed by atoms with Crippen LogP contribution in [0.1, 0.15) is 47.1 Å². The topological polar surface area (TPSA) is 195 Å². The van der Waals surface area contributed by atoms with Gasteiger partial charge < -0.3 is 47.4 Å². The third-order valence-corrected chi connectivity index (χ3v) is 6.76. The Labute approximate surface area is 271 Å². The number of carbonyl (C=O) groups is 6. The van der Waals surface area contributed by atoms with E-state index >= 15 is 0 Å². The number of hydrogen-bond acceptors (Lipinski definition) is 16. The molecule has 0 radical (unpaired) electrons. The zero-order valence-corrected chi connectivity index (χ0v) is 26.9. The van der Waals surface area contributed by atoms with Gasteiger partial charge in [0.25, 0.3) is 0 Å². The van der Waals surface area contributed by atoms with Crippen molar-refractivity contribution in [2.45, 2.75) is 103 Å². The molecule has 0 aromatic heterocycles. The molecule has 3 rings (SSSR count). The predicted octanol–water partition coefficient (Wildman–Crippen LogP) is 0.934. The highest BCUT2D eigenvalue weighted by Crippen LogP contribution is 2.33. The summed E-state index contributed by atoms with van der Waals surface area (Å²) < 4.78 is 56.4. The van der Waals surface area contributed by atoms with Gasteiger partial charge in [0.15, 0.2) is 43.1 Å². The van der Waals surface area contributed by atoms with Gasteiger partial charge in [-0.1, -0.05) is 30.3 Å². The normalized spacial score (nSPS) is 28.7. The SMILES string of the molecule is CC(=O)OC[C@H]1O[C@@H](O[C@@H]2CO[C@@H](OCCc3ccccc3)[C@H](OC(C)=O)[C@H]2OC(C)=O)[C@H](OC(C)=O)[C@@H](OC(C)=O)[C@H]1OC(C)=O. The van der Waals surface area contributed by atoms with Crippen LogP contribution in [0.4, 0.5) is 0 Å². The lowest BCUT2D eigenvalue weighted by Gasteiger charge is -2.46. The molecule has 2 saturated heterocycles. The lowest BCUT2D eigenvalue weighted by Crippen LogP contribution is -2.65. The number of rotatable bonds is 13. The molecule has 1 aromatic rings. The van der Waals surface area contributed by atoms with Gasteiger partial charge in [-0.3, -0.25) is 28.8 Å². The average molecular weight is 669 g/mol. The largest absolute Gasteiger partial charge is 0.463 e. The van der Waals surface area contributed by atoms with E-state index in [9.17, 15) is 28.8 Å². The quantitative estimate of drug-likeness (QED) is 0.213. The van der Waals surface area contributed by atoms with Crippen molar-refractivity contribution in [1.29, 1.82) is 0 Å². The molecule has 2 fully saturated rings. The van der Waals surface area contributed by atoms with E-state index in [2.05, 4.69) is 0 Å². The molecule has 260 valence electrons. The average Bonchev–Trinajstić information content (AvgIpc) is 2.97. The van der Waals surface area contributed by atoms with Crippen molar-refractivity contribution in [2.75, 3.05) is 19.8 Å². The van der Waals surface area contributed by atoms with Crippen molar-refractivity contribution in [3.63, 3.8) is 0 Å². The van der Waals surface area contributed by atoms with Crippen LogP contribution in [-0.4, -0.2) is 111 Å². The van der Waals surface area contributed by atoms with Gasteiger partial charge in [-0.15, -0.1) is 0 Å². The second-order valence-corrected chi connectivity index (χ2v) is 10.7. The van der Waals surface area contributed by atoms with Crippen LogP contribution in [0.2, 0.25) is 0 Å². The smallest absolute Gasteiger partial charge is 0.303 e. The van der Waals surface area contributed by atoms with Crippen molar-refractivity contribution in [1.82, 2.24) is 0 Å². The Hall–Kier alpha value is -4.12. The molecule has 2 heterocycles. The summed E-state index contributed by atoms with van der Waals surface area (Å²) in [6.07, 6.45) is -12.0. The monoisotopic (exact) mass is 668 g/mol. The predicted molar refractivity (Wildman–Crippen MR) is 154 cm³/mol. The van der Waals surface area contributed by atoms with Crippen LogP contribution >= 0.6 is 0 Å². The van der Waals surface area contributed by atoms with Gasteiger partial charge in [0.1, 0.15) is 18.8 Å². The molecular formula is C31H40O16. The number of esters is 6. The lowest BCUT2D eigenvalue weighted by atomic mass is 9.97. The standard InChI is InChI=1S/C31H40O16/c1-16(32)39-14-23-25(41-17(2)33)27(43-19(4)35)29(45-21(6)37)31(46-23)47-24-15-40-30(38-13-12-22-10-8-7-9-11-22)28(44-20(5)36)26(24)42-18(3)34/h7-11,23-31H,12-15H2,1-6H3/t23-,24-,25+,26+,27+,28-,29-,30-,31+/m1/s1. The van der Waals surface area contributed by atoms with E-state index in [1.54, 1.807) is 0 Å². The molecule has 1 aromatic carbocycles. The highest BCUT2D eigenvalue weighted by molar-refractivity contribution is 5.69. The first kappa shape index (κ1) is 37.3. The zero-order valence-electron chi connectivity index (χ0n) is 26.9. The summed E-state index contributed by atoms with van der Waals surface area (Å²) in [5, 5.41) is 0. The molecule has 0 amide bonds. The summed E-state index contributed by atoms with van der Waals surface area (Å²) in [4.78, 5) is 72.5. The van der Waals surface area contributed by atoms with Gasteiger partial charge in [-0.2, -0.15) is 0 Å². The molecule has 16 nitrogen and oxygen atoms in total. The molecule has 2 aliphatic rings. The maximum Gasteiger partial charge on any atom is 0.303 e. The maximum absolute atomic E-state index is 12.3. The second kappa shape index (κ2) is 17.7. The molecule has 0 saturated carbocycles. The first-order chi connectivity index (χ1) is 22.2. The first-order valence-corrected chi connectivity index (χ1v) is 14.8. The van der Waals surface area contributed by atoms with Crippen LogP contribution in [0.15, 0.2) is 30.3 Å². The molecule has 0 N–H and O–H groups in total. The Bertz CT molecular complexity index is 1250. The van der Waals surface area contributed by atoms with E-state index in [1.807, 2.05) is 30.3 Å². The Morgan fingerprint density at radius 2 is 1.15 bits per heavy atom. The van der Waals surface area contributed by atoms with E-state index in [4.69, 9.17) is 47.4 Å². The fraction of sp³-hybridized carbons (Fsp3) is 0.613. The number of benzene rings is 1. The fourth-order valence-corrected chi connectivity index (χ4v) is 5.06. The summed E-state index contributed by atoms with van der Waals surface area (Å²) in [6, 6.07) is 9.45. The minimum absolute atomic E-state index is 0.157. The second-order valence-electron chi connectivity index (χ2n) is 10.7. The Kier molecular flexibility index (Phi) is 14.1. The molecule has 0 unspecified atom stereocenters. The molecule has 0 aliphatic carbocycles. The van der Waals surface area contributed by atoms with E-state index in [-0.39, 0.29) is 13.2 Å². The van der Waals surface area contributed by atoms with E-state index in [0.29, 0.717) is 6.42 Å². The lowest BCUT2D eigenvalue weighted by molar-refractivity contribution is -0.346. The Morgan fingerprint density at radius 3 is 1.70 bits per heavy atom. The molecule has 2 aliphatic heterocycles. The van der Waals surface area contributed by atoms with Crippen molar-refractivity contribution < 1.29 is 76.1 Å². The third-order valence-electron chi connectivity index (χ3n) is 6.76. The van der Waals surface area contributed by atoms with Gasteiger partial charge in [0.05, 0.1) is 13.2 Å². The minimum Gasteiger partial charge on any atom is -0.463 e. The first-order valence-electron chi connectivity index (χ1n) is 14.8.